The van der Waals surface area contributed by atoms with E-state index >= 15 is 0 Å². The Balaban J connectivity index is 1.53. The lowest BCUT2D eigenvalue weighted by atomic mass is 9.76. The highest BCUT2D eigenvalue weighted by atomic mass is 32.2. The van der Waals surface area contributed by atoms with Gasteiger partial charge in [-0.25, -0.2) is 12.8 Å². The van der Waals surface area contributed by atoms with Gasteiger partial charge < -0.3 is 10.1 Å². The number of carbonyl (C=O) groups is 1. The summed E-state index contributed by atoms with van der Waals surface area (Å²) < 4.78 is 46.9. The number of ether oxygens (including phenoxy) is 1. The standard InChI is InChI=1S/C22H25FN2O4S/c23-18-7-4-6-17(14-18)20-15-25(16-22(20)11-5-10-21(26)24-22)30(27,28)13-12-29-19-8-2-1-3-9-19/h1-4,6-9,14,20H,5,10-13,15-16H2,(H,24,26)/t20-,22+/m0/s1. The fourth-order valence-corrected chi connectivity index (χ4v) is 5.84. The molecule has 1 spiro atoms. The smallest absolute Gasteiger partial charge is 0.220 e. The van der Waals surface area contributed by atoms with Crippen molar-refractivity contribution in [2.75, 3.05) is 25.4 Å². The number of sulfonamides is 1. The molecule has 2 aromatic carbocycles. The highest BCUT2D eigenvalue weighted by Gasteiger charge is 2.52. The van der Waals surface area contributed by atoms with Crippen LogP contribution in [0.2, 0.25) is 0 Å². The van der Waals surface area contributed by atoms with Crippen molar-refractivity contribution in [3.8, 4) is 5.75 Å². The molecule has 1 N–H and O–H groups in total. The molecule has 8 heteroatoms. The minimum atomic E-state index is -3.61. The molecule has 2 heterocycles. The van der Waals surface area contributed by atoms with Crippen LogP contribution in [0.15, 0.2) is 54.6 Å². The Morgan fingerprint density at radius 1 is 1.17 bits per heavy atom. The van der Waals surface area contributed by atoms with Gasteiger partial charge in [-0.3, -0.25) is 4.79 Å². The van der Waals surface area contributed by atoms with Gasteiger partial charge in [-0.1, -0.05) is 30.3 Å². The monoisotopic (exact) mass is 432 g/mol. The minimum absolute atomic E-state index is 0.0346. The van der Waals surface area contributed by atoms with Crippen LogP contribution < -0.4 is 10.1 Å². The van der Waals surface area contributed by atoms with Crippen molar-refractivity contribution in [2.45, 2.75) is 30.7 Å². The highest BCUT2D eigenvalue weighted by Crippen LogP contribution is 2.42. The summed E-state index contributed by atoms with van der Waals surface area (Å²) in [5.41, 5.74) is -0.00771. The third-order valence-electron chi connectivity index (χ3n) is 5.92. The molecule has 0 aromatic heterocycles. The van der Waals surface area contributed by atoms with Crippen LogP contribution in [0.4, 0.5) is 4.39 Å². The maximum atomic E-state index is 13.9. The van der Waals surface area contributed by atoms with Gasteiger partial charge in [0.2, 0.25) is 15.9 Å². The zero-order valence-electron chi connectivity index (χ0n) is 16.6. The zero-order chi connectivity index (χ0) is 21.2. The average Bonchev–Trinajstić information content (AvgIpc) is 3.08. The van der Waals surface area contributed by atoms with E-state index in [-0.39, 0.29) is 43.1 Å². The lowest BCUT2D eigenvalue weighted by Crippen LogP contribution is -2.56. The summed E-state index contributed by atoms with van der Waals surface area (Å²) in [5.74, 6) is -0.316. The number of piperidine rings is 1. The van der Waals surface area contributed by atoms with Crippen LogP contribution in [-0.2, 0) is 14.8 Å². The van der Waals surface area contributed by atoms with Crippen molar-refractivity contribution < 1.29 is 22.3 Å². The molecule has 2 atom stereocenters. The molecule has 2 aliphatic rings. The van der Waals surface area contributed by atoms with Gasteiger partial charge in [0, 0.05) is 25.4 Å². The van der Waals surface area contributed by atoms with E-state index in [2.05, 4.69) is 5.32 Å². The van der Waals surface area contributed by atoms with Crippen LogP contribution in [0.25, 0.3) is 0 Å². The van der Waals surface area contributed by atoms with E-state index in [0.717, 1.165) is 0 Å². The lowest BCUT2D eigenvalue weighted by Gasteiger charge is -2.39. The number of halogens is 1. The first kappa shape index (κ1) is 20.8. The van der Waals surface area contributed by atoms with E-state index in [0.29, 0.717) is 30.6 Å². The molecule has 1 amide bonds. The highest BCUT2D eigenvalue weighted by molar-refractivity contribution is 7.89. The molecule has 0 saturated carbocycles. The van der Waals surface area contributed by atoms with Crippen molar-refractivity contribution in [2.24, 2.45) is 0 Å². The van der Waals surface area contributed by atoms with Gasteiger partial charge in [0.25, 0.3) is 0 Å². The predicted molar refractivity (Wildman–Crippen MR) is 111 cm³/mol. The summed E-state index contributed by atoms with van der Waals surface area (Å²) >= 11 is 0. The molecule has 4 rings (SSSR count). The van der Waals surface area contributed by atoms with E-state index < -0.39 is 15.6 Å². The zero-order valence-corrected chi connectivity index (χ0v) is 17.4. The van der Waals surface area contributed by atoms with E-state index in [1.807, 2.05) is 18.2 Å². The SMILES string of the molecule is O=C1CCC[C@]2(CN(S(=O)(=O)CCOc3ccccc3)C[C@H]2c2cccc(F)c2)N1. The van der Waals surface area contributed by atoms with Gasteiger partial charge in [-0.15, -0.1) is 0 Å². The van der Waals surface area contributed by atoms with E-state index in [1.165, 1.54) is 16.4 Å². The summed E-state index contributed by atoms with van der Waals surface area (Å²) in [6.45, 7) is 0.428. The Morgan fingerprint density at radius 3 is 2.70 bits per heavy atom. The Bertz CT molecular complexity index is 1010. The molecule has 2 aromatic rings. The fraction of sp³-hybridized carbons (Fsp3) is 0.409. The molecule has 160 valence electrons. The molecule has 2 fully saturated rings. The van der Waals surface area contributed by atoms with Gasteiger partial charge in [0.05, 0.1) is 11.3 Å². The van der Waals surface area contributed by atoms with Crippen molar-refractivity contribution in [1.82, 2.24) is 9.62 Å². The maximum Gasteiger partial charge on any atom is 0.220 e. The van der Waals surface area contributed by atoms with E-state index in [9.17, 15) is 17.6 Å². The summed E-state index contributed by atoms with van der Waals surface area (Å²) in [5, 5.41) is 3.05. The third kappa shape index (κ3) is 4.34. The molecule has 2 aliphatic heterocycles. The van der Waals surface area contributed by atoms with Crippen LogP contribution >= 0.6 is 0 Å². The molecular formula is C22H25FN2O4S. The second-order valence-electron chi connectivity index (χ2n) is 7.94. The largest absolute Gasteiger partial charge is 0.492 e. The normalized spacial score (nSPS) is 24.7. The maximum absolute atomic E-state index is 13.9. The first-order valence-electron chi connectivity index (χ1n) is 10.1. The topological polar surface area (TPSA) is 75.7 Å². The van der Waals surface area contributed by atoms with Gasteiger partial charge in [0.15, 0.2) is 0 Å². The Labute approximate surface area is 176 Å². The van der Waals surface area contributed by atoms with Crippen LogP contribution in [0.1, 0.15) is 30.7 Å². The van der Waals surface area contributed by atoms with Crippen molar-refractivity contribution >= 4 is 15.9 Å². The number of nitrogens with one attached hydrogen (secondary N) is 1. The molecule has 0 unspecified atom stereocenters. The molecule has 2 saturated heterocycles. The molecular weight excluding hydrogens is 407 g/mol. The van der Waals surface area contributed by atoms with Gasteiger partial charge in [-0.2, -0.15) is 4.31 Å². The second-order valence-corrected chi connectivity index (χ2v) is 10.0. The first-order chi connectivity index (χ1) is 14.4. The van der Waals surface area contributed by atoms with Crippen LogP contribution in [0, 0.1) is 5.82 Å². The van der Waals surface area contributed by atoms with Gasteiger partial charge >= 0.3 is 0 Å². The van der Waals surface area contributed by atoms with Crippen LogP contribution in [-0.4, -0.2) is 49.6 Å². The third-order valence-corrected chi connectivity index (χ3v) is 7.67. The number of para-hydroxylation sites is 1. The number of rotatable bonds is 6. The lowest BCUT2D eigenvalue weighted by molar-refractivity contribution is -0.125. The second kappa shape index (κ2) is 8.35. The van der Waals surface area contributed by atoms with E-state index in [1.54, 1.807) is 24.3 Å². The molecule has 30 heavy (non-hydrogen) atoms. The summed E-state index contributed by atoms with van der Waals surface area (Å²) in [6, 6.07) is 15.3. The summed E-state index contributed by atoms with van der Waals surface area (Å²) in [7, 11) is -3.61. The number of benzene rings is 2. The number of hydrogen-bond acceptors (Lipinski definition) is 4. The molecule has 6 nitrogen and oxygen atoms in total. The average molecular weight is 433 g/mol. The van der Waals surface area contributed by atoms with E-state index in [4.69, 9.17) is 4.74 Å². The van der Waals surface area contributed by atoms with Crippen molar-refractivity contribution in [3.05, 3.63) is 66.0 Å². The summed E-state index contributed by atoms with van der Waals surface area (Å²) in [6.07, 6.45) is 1.77. The molecule has 0 radical (unpaired) electrons. The Morgan fingerprint density at radius 2 is 1.97 bits per heavy atom. The van der Waals surface area contributed by atoms with Crippen molar-refractivity contribution in [3.63, 3.8) is 0 Å². The number of amides is 1. The Kier molecular flexibility index (Phi) is 5.79. The van der Waals surface area contributed by atoms with Crippen LogP contribution in [0.3, 0.4) is 0 Å². The van der Waals surface area contributed by atoms with Crippen LogP contribution in [0.5, 0.6) is 5.75 Å². The number of hydrogen-bond donors (Lipinski definition) is 1. The number of nitrogens with zero attached hydrogens (tertiary/aromatic N) is 1. The Hall–Kier alpha value is -2.45. The first-order valence-corrected chi connectivity index (χ1v) is 11.7. The minimum Gasteiger partial charge on any atom is -0.492 e. The molecule has 0 aliphatic carbocycles. The summed E-state index contributed by atoms with van der Waals surface area (Å²) in [4.78, 5) is 12.2. The van der Waals surface area contributed by atoms with Gasteiger partial charge in [-0.05, 0) is 42.7 Å². The number of carbonyl (C=O) groups excluding carboxylic acids is 1. The quantitative estimate of drug-likeness (QED) is 0.762. The van der Waals surface area contributed by atoms with Crippen molar-refractivity contribution in [1.29, 1.82) is 0 Å². The fourth-order valence-electron chi connectivity index (χ4n) is 4.49. The predicted octanol–water partition coefficient (Wildman–Crippen LogP) is 2.67. The molecule has 0 bridgehead atoms. The van der Waals surface area contributed by atoms with Gasteiger partial charge in [0.1, 0.15) is 18.2 Å².